The second-order valence-electron chi connectivity index (χ2n) is 8.08. The van der Waals surface area contributed by atoms with E-state index < -0.39 is 36.0 Å². The second-order valence-corrected chi connectivity index (χ2v) is 8.08. The van der Waals surface area contributed by atoms with Crippen molar-refractivity contribution in [1.29, 1.82) is 0 Å². The first-order valence-electron chi connectivity index (χ1n) is 10.9. The molecule has 0 aliphatic carbocycles. The Morgan fingerprint density at radius 3 is 2.45 bits per heavy atom. The summed E-state index contributed by atoms with van der Waals surface area (Å²) in [6, 6.07) is 2.71. The van der Waals surface area contributed by atoms with Crippen LogP contribution in [0.25, 0.3) is 0 Å². The molecule has 0 bridgehead atoms. The van der Waals surface area contributed by atoms with Crippen LogP contribution in [0.1, 0.15) is 24.8 Å². The van der Waals surface area contributed by atoms with Gasteiger partial charge in [0.15, 0.2) is 0 Å². The standard InChI is InChI=1S/C22H29F3N4O4/c23-22(24,25)15-3-5-16(6-4-15)27-21(32)28-18-8-7-17(33-19(18)14-30)13-20(31)26-9-12-29-10-1-2-11-29/h3-8,17-19,30H,1-2,9-14H2,(H,26,31)(H2,27,28,32)/t17-,18-,19+/m0/s1. The zero-order valence-corrected chi connectivity index (χ0v) is 18.1. The van der Waals surface area contributed by atoms with E-state index in [4.69, 9.17) is 4.74 Å². The lowest BCUT2D eigenvalue weighted by Gasteiger charge is -2.31. The third kappa shape index (κ3) is 7.72. The lowest BCUT2D eigenvalue weighted by molar-refractivity contribution is -0.137. The molecule has 3 amide bonds. The van der Waals surface area contributed by atoms with Gasteiger partial charge in [-0.1, -0.05) is 12.2 Å². The number of nitrogens with zero attached hydrogens (tertiary/aromatic N) is 1. The molecule has 1 fully saturated rings. The Balaban J connectivity index is 1.44. The number of hydrogen-bond acceptors (Lipinski definition) is 5. The Bertz CT molecular complexity index is 826. The largest absolute Gasteiger partial charge is 0.416 e. The van der Waals surface area contributed by atoms with Gasteiger partial charge in [-0.25, -0.2) is 4.79 Å². The average molecular weight is 470 g/mol. The molecule has 1 saturated heterocycles. The van der Waals surface area contributed by atoms with Crippen LogP contribution in [0.2, 0.25) is 0 Å². The van der Waals surface area contributed by atoms with Crippen molar-refractivity contribution < 1.29 is 32.6 Å². The molecule has 0 spiro atoms. The minimum absolute atomic E-state index is 0.0947. The van der Waals surface area contributed by atoms with Gasteiger partial charge in [0.2, 0.25) is 5.91 Å². The smallest absolute Gasteiger partial charge is 0.394 e. The first-order chi connectivity index (χ1) is 15.7. The maximum Gasteiger partial charge on any atom is 0.416 e. The van der Waals surface area contributed by atoms with E-state index in [2.05, 4.69) is 20.9 Å². The van der Waals surface area contributed by atoms with Crippen molar-refractivity contribution in [1.82, 2.24) is 15.5 Å². The molecule has 2 aliphatic rings. The Hall–Kier alpha value is -2.63. The Morgan fingerprint density at radius 2 is 1.82 bits per heavy atom. The molecule has 3 atom stereocenters. The van der Waals surface area contributed by atoms with Crippen LogP contribution in [0.4, 0.5) is 23.7 Å². The number of urea groups is 1. The number of nitrogens with one attached hydrogen (secondary N) is 3. The van der Waals surface area contributed by atoms with E-state index in [1.54, 1.807) is 12.2 Å². The predicted molar refractivity (Wildman–Crippen MR) is 116 cm³/mol. The number of rotatable bonds is 8. The van der Waals surface area contributed by atoms with Crippen molar-refractivity contribution in [3.8, 4) is 0 Å². The van der Waals surface area contributed by atoms with E-state index in [9.17, 15) is 27.9 Å². The summed E-state index contributed by atoms with van der Waals surface area (Å²) in [7, 11) is 0. The van der Waals surface area contributed by atoms with Gasteiger partial charge in [-0.2, -0.15) is 13.2 Å². The summed E-state index contributed by atoms with van der Waals surface area (Å²) in [6.07, 6.45) is -0.00343. The third-order valence-electron chi connectivity index (χ3n) is 5.57. The molecule has 11 heteroatoms. The van der Waals surface area contributed by atoms with Crippen LogP contribution in [0, 0.1) is 0 Å². The van der Waals surface area contributed by atoms with Crippen molar-refractivity contribution in [3.63, 3.8) is 0 Å². The number of ether oxygens (including phenoxy) is 1. The average Bonchev–Trinajstić information content (AvgIpc) is 3.28. The number of aliphatic hydroxyl groups is 1. The molecule has 33 heavy (non-hydrogen) atoms. The molecular weight excluding hydrogens is 441 g/mol. The third-order valence-corrected chi connectivity index (χ3v) is 5.57. The van der Waals surface area contributed by atoms with Gasteiger partial charge < -0.3 is 30.7 Å². The number of hydrogen-bond donors (Lipinski definition) is 4. The fraction of sp³-hybridized carbons (Fsp3) is 0.545. The zero-order valence-electron chi connectivity index (χ0n) is 18.1. The van der Waals surface area contributed by atoms with Crippen LogP contribution in [-0.2, 0) is 15.7 Å². The first-order valence-corrected chi connectivity index (χ1v) is 10.9. The molecule has 2 aliphatic heterocycles. The van der Waals surface area contributed by atoms with Crippen LogP contribution < -0.4 is 16.0 Å². The minimum Gasteiger partial charge on any atom is -0.394 e. The van der Waals surface area contributed by atoms with Crippen LogP contribution in [0.15, 0.2) is 36.4 Å². The highest BCUT2D eigenvalue weighted by molar-refractivity contribution is 5.89. The van der Waals surface area contributed by atoms with Crippen LogP contribution in [-0.4, -0.2) is 73.0 Å². The van der Waals surface area contributed by atoms with E-state index in [0.717, 1.165) is 43.9 Å². The van der Waals surface area contributed by atoms with Crippen molar-refractivity contribution in [2.75, 3.05) is 38.1 Å². The van der Waals surface area contributed by atoms with Crippen LogP contribution in [0.3, 0.4) is 0 Å². The molecular formula is C22H29F3N4O4. The number of carbonyl (C=O) groups is 2. The van der Waals surface area contributed by atoms with Gasteiger partial charge in [0, 0.05) is 18.8 Å². The van der Waals surface area contributed by atoms with Gasteiger partial charge >= 0.3 is 12.2 Å². The van der Waals surface area contributed by atoms with Crippen molar-refractivity contribution in [2.45, 2.75) is 43.7 Å². The topological polar surface area (TPSA) is 103 Å². The van der Waals surface area contributed by atoms with Gasteiger partial charge in [0.05, 0.1) is 30.7 Å². The maximum absolute atomic E-state index is 12.6. The van der Waals surface area contributed by atoms with E-state index in [1.165, 1.54) is 12.8 Å². The summed E-state index contributed by atoms with van der Waals surface area (Å²) in [6.45, 7) is 3.11. The molecule has 182 valence electrons. The van der Waals surface area contributed by atoms with Crippen molar-refractivity contribution in [2.24, 2.45) is 0 Å². The number of carbonyl (C=O) groups excluding carboxylic acids is 2. The predicted octanol–water partition coefficient (Wildman–Crippen LogP) is 2.11. The molecule has 3 rings (SSSR count). The molecule has 4 N–H and O–H groups in total. The molecule has 0 saturated carbocycles. The van der Waals surface area contributed by atoms with Gasteiger partial charge in [-0.3, -0.25) is 4.79 Å². The van der Waals surface area contributed by atoms with E-state index >= 15 is 0 Å². The van der Waals surface area contributed by atoms with Crippen molar-refractivity contribution in [3.05, 3.63) is 42.0 Å². The van der Waals surface area contributed by atoms with Gasteiger partial charge in [-0.05, 0) is 50.2 Å². The quantitative estimate of drug-likeness (QED) is 0.436. The van der Waals surface area contributed by atoms with E-state index in [-0.39, 0.29) is 24.6 Å². The summed E-state index contributed by atoms with van der Waals surface area (Å²) >= 11 is 0. The molecule has 0 radical (unpaired) electrons. The zero-order chi connectivity index (χ0) is 23.8. The Labute approximate surface area is 190 Å². The summed E-state index contributed by atoms with van der Waals surface area (Å²) in [5.74, 6) is -0.160. The fourth-order valence-electron chi connectivity index (χ4n) is 3.81. The number of benzene rings is 1. The highest BCUT2D eigenvalue weighted by Gasteiger charge is 2.31. The monoisotopic (exact) mass is 470 g/mol. The van der Waals surface area contributed by atoms with Gasteiger partial charge in [0.25, 0.3) is 0 Å². The first kappa shape index (κ1) is 25.0. The molecule has 0 unspecified atom stereocenters. The lowest BCUT2D eigenvalue weighted by Crippen LogP contribution is -2.50. The Morgan fingerprint density at radius 1 is 1.12 bits per heavy atom. The van der Waals surface area contributed by atoms with E-state index in [1.807, 2.05) is 0 Å². The maximum atomic E-state index is 12.6. The summed E-state index contributed by atoms with van der Waals surface area (Å²) in [5, 5.41) is 17.6. The highest BCUT2D eigenvalue weighted by Crippen LogP contribution is 2.29. The second kappa shape index (κ2) is 11.5. The molecule has 2 heterocycles. The summed E-state index contributed by atoms with van der Waals surface area (Å²) < 4.78 is 43.6. The number of likely N-dealkylation sites (tertiary alicyclic amines) is 1. The van der Waals surface area contributed by atoms with Crippen molar-refractivity contribution >= 4 is 17.6 Å². The number of aliphatic hydroxyl groups excluding tert-OH is 1. The lowest BCUT2D eigenvalue weighted by atomic mass is 10.0. The number of halogens is 3. The number of alkyl halides is 3. The van der Waals surface area contributed by atoms with Gasteiger partial charge in [-0.15, -0.1) is 0 Å². The Kier molecular flexibility index (Phi) is 8.70. The number of anilines is 1. The normalized spacial score (nSPS) is 23.3. The summed E-state index contributed by atoms with van der Waals surface area (Å²) in [4.78, 5) is 26.7. The summed E-state index contributed by atoms with van der Waals surface area (Å²) in [5.41, 5.74) is -0.631. The molecule has 8 nitrogen and oxygen atoms in total. The molecule has 0 aromatic heterocycles. The van der Waals surface area contributed by atoms with Gasteiger partial charge in [0.1, 0.15) is 6.10 Å². The number of amides is 3. The molecule has 1 aromatic carbocycles. The van der Waals surface area contributed by atoms with E-state index in [0.29, 0.717) is 6.54 Å². The van der Waals surface area contributed by atoms with Crippen LogP contribution in [0.5, 0.6) is 0 Å². The fourth-order valence-corrected chi connectivity index (χ4v) is 3.81. The minimum atomic E-state index is -4.46. The molecule has 1 aromatic rings. The highest BCUT2D eigenvalue weighted by atomic mass is 19.4. The SMILES string of the molecule is O=C(C[C@@H]1C=C[C@H](NC(=O)Nc2ccc(C(F)(F)F)cc2)[C@@H](CO)O1)NCCN1CCCC1. The van der Waals surface area contributed by atoms with Crippen LogP contribution >= 0.6 is 0 Å².